The van der Waals surface area contributed by atoms with Crippen molar-refractivity contribution >= 4 is 11.3 Å². The molecule has 1 aliphatic carbocycles. The van der Waals surface area contributed by atoms with Crippen LogP contribution < -0.4 is 4.74 Å². The van der Waals surface area contributed by atoms with Gasteiger partial charge in [0.15, 0.2) is 0 Å². The highest BCUT2D eigenvalue weighted by Gasteiger charge is 2.35. The summed E-state index contributed by atoms with van der Waals surface area (Å²) in [6.45, 7) is 5.64. The second kappa shape index (κ2) is 7.53. The second-order valence-electron chi connectivity index (χ2n) is 8.49. The molecule has 27 heavy (non-hydrogen) atoms. The van der Waals surface area contributed by atoms with Crippen LogP contribution in [0.25, 0.3) is 0 Å². The summed E-state index contributed by atoms with van der Waals surface area (Å²) in [6.07, 6.45) is 6.44. The summed E-state index contributed by atoms with van der Waals surface area (Å²) in [5, 5.41) is 2.19. The smallest absolute Gasteiger partial charge is 0.123 e. The average Bonchev–Trinajstić information content (AvgIpc) is 3.27. The zero-order chi connectivity index (χ0) is 18.2. The number of fused-ring (bicyclic) bond motifs is 5. The van der Waals surface area contributed by atoms with E-state index in [4.69, 9.17) is 4.74 Å². The zero-order valence-corrected chi connectivity index (χ0v) is 17.0. The average molecular weight is 384 g/mol. The number of hydrogen-bond donors (Lipinski definition) is 0. The summed E-state index contributed by atoms with van der Waals surface area (Å²) < 4.78 is 5.77. The molecule has 2 atom stereocenters. The van der Waals surface area contributed by atoms with Gasteiger partial charge in [0.1, 0.15) is 5.75 Å². The minimum atomic E-state index is 0.653. The molecular weight excluding hydrogens is 354 g/mol. The first-order chi connectivity index (χ1) is 13.3. The van der Waals surface area contributed by atoms with Crippen molar-refractivity contribution in [2.45, 2.75) is 51.2 Å². The van der Waals surface area contributed by atoms with E-state index in [1.807, 2.05) is 12.6 Å². The van der Waals surface area contributed by atoms with Gasteiger partial charge in [0.05, 0.1) is 18.3 Å². The van der Waals surface area contributed by atoms with Gasteiger partial charge in [-0.3, -0.25) is 9.80 Å². The molecule has 144 valence electrons. The third-order valence-corrected chi connectivity index (χ3v) is 7.28. The van der Waals surface area contributed by atoms with Crippen LogP contribution in [-0.4, -0.2) is 47.6 Å². The topological polar surface area (TPSA) is 28.6 Å². The molecule has 0 N–H and O–H groups in total. The van der Waals surface area contributed by atoms with Crippen molar-refractivity contribution in [3.63, 3.8) is 0 Å². The number of rotatable bonds is 5. The maximum Gasteiger partial charge on any atom is 0.123 e. The van der Waals surface area contributed by atoms with Crippen LogP contribution in [0, 0.1) is 5.92 Å². The third kappa shape index (κ3) is 3.65. The Labute approximate surface area is 166 Å². The van der Waals surface area contributed by atoms with Gasteiger partial charge in [0, 0.05) is 49.7 Å². The Kier molecular flexibility index (Phi) is 4.92. The van der Waals surface area contributed by atoms with Crippen LogP contribution in [0.3, 0.4) is 0 Å². The SMILES string of the molecule is COc1cc2c(cc1CN1C[C@H]3CC[C@@H]1CN(Cc1cscn1)C3)CCC2. The highest BCUT2D eigenvalue weighted by atomic mass is 32.1. The van der Waals surface area contributed by atoms with Crippen molar-refractivity contribution in [1.29, 1.82) is 0 Å². The molecule has 3 aliphatic heterocycles. The van der Waals surface area contributed by atoms with Gasteiger partial charge in [-0.2, -0.15) is 0 Å². The molecule has 2 bridgehead atoms. The Morgan fingerprint density at radius 2 is 2.00 bits per heavy atom. The first kappa shape index (κ1) is 17.7. The number of ether oxygens (including phenoxy) is 1. The Morgan fingerprint density at radius 3 is 2.81 bits per heavy atom. The Balaban J connectivity index is 1.33. The first-order valence-corrected chi connectivity index (χ1v) is 11.2. The van der Waals surface area contributed by atoms with Crippen LogP contribution in [0.2, 0.25) is 0 Å². The van der Waals surface area contributed by atoms with Gasteiger partial charge >= 0.3 is 0 Å². The largest absolute Gasteiger partial charge is 0.496 e. The molecule has 4 aliphatic rings. The fourth-order valence-corrected chi connectivity index (χ4v) is 5.88. The summed E-state index contributed by atoms with van der Waals surface area (Å²) in [7, 11) is 1.82. The number of benzene rings is 1. The first-order valence-electron chi connectivity index (χ1n) is 10.3. The van der Waals surface area contributed by atoms with Crippen molar-refractivity contribution in [3.05, 3.63) is 45.4 Å². The lowest BCUT2D eigenvalue weighted by Crippen LogP contribution is -2.43. The third-order valence-electron chi connectivity index (χ3n) is 6.64. The molecule has 0 unspecified atom stereocenters. The Bertz CT molecular complexity index is 791. The van der Waals surface area contributed by atoms with Crippen molar-refractivity contribution in [3.8, 4) is 5.75 Å². The number of methoxy groups -OCH3 is 1. The van der Waals surface area contributed by atoms with E-state index < -0.39 is 0 Å². The lowest BCUT2D eigenvalue weighted by Gasteiger charge is -2.36. The molecule has 4 nitrogen and oxygen atoms in total. The summed E-state index contributed by atoms with van der Waals surface area (Å²) in [6, 6.07) is 5.40. The lowest BCUT2D eigenvalue weighted by molar-refractivity contribution is 0.122. The lowest BCUT2D eigenvalue weighted by atomic mass is 9.94. The van der Waals surface area contributed by atoms with E-state index in [0.29, 0.717) is 6.04 Å². The summed E-state index contributed by atoms with van der Waals surface area (Å²) >= 11 is 1.70. The molecular formula is C22H29N3OS. The van der Waals surface area contributed by atoms with Crippen LogP contribution in [-0.2, 0) is 25.9 Å². The zero-order valence-electron chi connectivity index (χ0n) is 16.2. The molecule has 6 rings (SSSR count). The number of hydrogen-bond acceptors (Lipinski definition) is 5. The summed E-state index contributed by atoms with van der Waals surface area (Å²) in [5.41, 5.74) is 7.62. The predicted octanol–water partition coefficient (Wildman–Crippen LogP) is 3.74. The molecule has 1 aromatic carbocycles. The summed E-state index contributed by atoms with van der Waals surface area (Å²) in [5.74, 6) is 1.87. The molecule has 0 saturated carbocycles. The van der Waals surface area contributed by atoms with Crippen LogP contribution in [0.5, 0.6) is 5.75 Å². The van der Waals surface area contributed by atoms with Crippen molar-refractivity contribution in [1.82, 2.24) is 14.8 Å². The molecule has 0 spiro atoms. The second-order valence-corrected chi connectivity index (χ2v) is 9.21. The molecule has 4 heterocycles. The van der Waals surface area contributed by atoms with Crippen LogP contribution in [0.1, 0.15) is 41.6 Å². The standard InChI is InChI=1S/C22H29N3OS/c1-26-22-8-18-4-2-3-17(18)7-19(22)11-25-10-16-5-6-21(25)13-24(9-16)12-20-14-27-15-23-20/h7-8,14-16,21H,2-6,9-13H2,1H3/t16-,21+/m0/s1. The van der Waals surface area contributed by atoms with Gasteiger partial charge in [-0.1, -0.05) is 6.07 Å². The van der Waals surface area contributed by atoms with Crippen molar-refractivity contribution in [2.24, 2.45) is 5.92 Å². The molecule has 0 amide bonds. The normalized spacial score (nSPS) is 25.5. The van der Waals surface area contributed by atoms with E-state index in [1.54, 1.807) is 16.9 Å². The van der Waals surface area contributed by atoms with Crippen LogP contribution >= 0.6 is 11.3 Å². The quantitative estimate of drug-likeness (QED) is 0.786. The van der Waals surface area contributed by atoms with E-state index in [9.17, 15) is 0 Å². The molecule has 3 fully saturated rings. The highest BCUT2D eigenvalue weighted by molar-refractivity contribution is 7.07. The molecule has 2 aromatic rings. The minimum Gasteiger partial charge on any atom is -0.496 e. The van der Waals surface area contributed by atoms with E-state index in [-0.39, 0.29) is 0 Å². The Hall–Kier alpha value is -1.43. The van der Waals surface area contributed by atoms with E-state index in [2.05, 4.69) is 32.3 Å². The monoisotopic (exact) mass is 383 g/mol. The van der Waals surface area contributed by atoms with Gasteiger partial charge in [-0.05, 0) is 55.2 Å². The highest BCUT2D eigenvalue weighted by Crippen LogP contribution is 2.34. The number of aromatic nitrogens is 1. The maximum atomic E-state index is 5.77. The number of nitrogens with zero attached hydrogens (tertiary/aromatic N) is 3. The minimum absolute atomic E-state index is 0.653. The fraction of sp³-hybridized carbons (Fsp3) is 0.591. The number of thiazole rings is 1. The maximum absolute atomic E-state index is 5.77. The van der Waals surface area contributed by atoms with E-state index in [0.717, 1.165) is 24.8 Å². The molecule has 3 saturated heterocycles. The van der Waals surface area contributed by atoms with Crippen molar-refractivity contribution in [2.75, 3.05) is 26.7 Å². The fourth-order valence-electron chi connectivity index (χ4n) is 5.33. The van der Waals surface area contributed by atoms with Gasteiger partial charge in [0.25, 0.3) is 0 Å². The molecule has 0 radical (unpaired) electrons. The van der Waals surface area contributed by atoms with E-state index >= 15 is 0 Å². The van der Waals surface area contributed by atoms with Crippen LogP contribution in [0.4, 0.5) is 0 Å². The molecule has 1 aromatic heterocycles. The van der Waals surface area contributed by atoms with Gasteiger partial charge in [-0.25, -0.2) is 4.98 Å². The van der Waals surface area contributed by atoms with Gasteiger partial charge in [0.2, 0.25) is 0 Å². The van der Waals surface area contributed by atoms with Crippen molar-refractivity contribution < 1.29 is 4.74 Å². The Morgan fingerprint density at radius 1 is 1.11 bits per heavy atom. The molecule has 5 heteroatoms. The van der Waals surface area contributed by atoms with Crippen LogP contribution in [0.15, 0.2) is 23.0 Å². The number of aryl methyl sites for hydroxylation is 2. The number of piperidine rings is 1. The van der Waals surface area contributed by atoms with Gasteiger partial charge < -0.3 is 4.74 Å². The van der Waals surface area contributed by atoms with E-state index in [1.165, 1.54) is 68.6 Å². The predicted molar refractivity (Wildman–Crippen MR) is 109 cm³/mol. The van der Waals surface area contributed by atoms with Gasteiger partial charge in [-0.15, -0.1) is 11.3 Å². The summed E-state index contributed by atoms with van der Waals surface area (Å²) in [4.78, 5) is 9.87.